The predicted octanol–water partition coefficient (Wildman–Crippen LogP) is 2.78. The molecule has 0 bridgehead atoms. The molecule has 0 aliphatic rings. The summed E-state index contributed by atoms with van der Waals surface area (Å²) in [5.41, 5.74) is 1.39. The first-order chi connectivity index (χ1) is 12.0. The van der Waals surface area contributed by atoms with Gasteiger partial charge in [0.1, 0.15) is 0 Å². The first-order valence-corrected chi connectivity index (χ1v) is 7.38. The van der Waals surface area contributed by atoms with E-state index < -0.39 is 10.8 Å². The summed E-state index contributed by atoms with van der Waals surface area (Å²) < 4.78 is 4.95. The van der Waals surface area contributed by atoms with Gasteiger partial charge in [-0.05, 0) is 30.3 Å². The number of nitro benzene ring substituents is 1. The number of rotatable bonds is 7. The second-order valence-corrected chi connectivity index (χ2v) is 5.05. The van der Waals surface area contributed by atoms with Crippen molar-refractivity contribution in [1.82, 2.24) is 0 Å². The van der Waals surface area contributed by atoms with Crippen LogP contribution in [0.15, 0.2) is 42.5 Å². The Balaban J connectivity index is 2.26. The molecular formula is C17H16N4O4. The molecule has 0 fully saturated rings. The number of methoxy groups -OCH3 is 1. The van der Waals surface area contributed by atoms with E-state index in [9.17, 15) is 14.9 Å². The molecule has 0 spiro atoms. The van der Waals surface area contributed by atoms with E-state index in [1.807, 2.05) is 6.07 Å². The molecule has 0 atom stereocenters. The minimum absolute atomic E-state index is 0.148. The van der Waals surface area contributed by atoms with Gasteiger partial charge in [0.25, 0.3) is 11.6 Å². The molecule has 25 heavy (non-hydrogen) atoms. The zero-order valence-electron chi connectivity index (χ0n) is 13.5. The summed E-state index contributed by atoms with van der Waals surface area (Å²) in [5.74, 6) is -0.492. The highest BCUT2D eigenvalue weighted by Gasteiger charge is 2.17. The number of nitro groups is 1. The molecule has 128 valence electrons. The van der Waals surface area contributed by atoms with Crippen molar-refractivity contribution in [3.63, 3.8) is 0 Å². The minimum Gasteiger partial charge on any atom is -0.383 e. The summed E-state index contributed by atoms with van der Waals surface area (Å²) in [6.07, 6.45) is 0. The Hall–Kier alpha value is -3.44. The highest BCUT2D eigenvalue weighted by Crippen LogP contribution is 2.23. The van der Waals surface area contributed by atoms with E-state index in [1.165, 1.54) is 18.2 Å². The standard InChI is InChI=1S/C17H16N4O4/c1-25-9-8-19-16-7-6-14(21(23)24)10-15(16)17(22)20-13-4-2-12(11-18)3-5-13/h2-7,10,19H,8-9H2,1H3,(H,20,22). The Morgan fingerprint density at radius 2 is 2.00 bits per heavy atom. The van der Waals surface area contributed by atoms with Crippen LogP contribution in [0, 0.1) is 21.4 Å². The van der Waals surface area contributed by atoms with Crippen LogP contribution in [0.4, 0.5) is 17.1 Å². The molecule has 2 aromatic rings. The molecule has 2 N–H and O–H groups in total. The molecule has 1 amide bonds. The number of hydrogen-bond acceptors (Lipinski definition) is 6. The van der Waals surface area contributed by atoms with Crippen LogP contribution in [-0.4, -0.2) is 31.1 Å². The number of anilines is 2. The number of non-ortho nitro benzene ring substituents is 1. The molecule has 0 heterocycles. The average Bonchev–Trinajstić information content (AvgIpc) is 2.62. The maximum atomic E-state index is 12.5. The summed E-state index contributed by atoms with van der Waals surface area (Å²) in [5, 5.41) is 25.4. The quantitative estimate of drug-likeness (QED) is 0.455. The topological polar surface area (TPSA) is 117 Å². The van der Waals surface area contributed by atoms with Crippen molar-refractivity contribution in [2.45, 2.75) is 0 Å². The van der Waals surface area contributed by atoms with Crippen LogP contribution in [0.5, 0.6) is 0 Å². The Labute approximate surface area is 144 Å². The smallest absolute Gasteiger partial charge is 0.270 e. The molecule has 2 aromatic carbocycles. The lowest BCUT2D eigenvalue weighted by atomic mass is 10.1. The van der Waals surface area contributed by atoms with E-state index in [1.54, 1.807) is 31.4 Å². The van der Waals surface area contributed by atoms with Gasteiger partial charge in [0, 0.05) is 37.2 Å². The van der Waals surface area contributed by atoms with Crippen molar-refractivity contribution < 1.29 is 14.5 Å². The molecule has 0 saturated carbocycles. The van der Waals surface area contributed by atoms with Gasteiger partial charge in [0.05, 0.1) is 28.7 Å². The number of nitrogens with zero attached hydrogens (tertiary/aromatic N) is 2. The van der Waals surface area contributed by atoms with Crippen LogP contribution in [0.3, 0.4) is 0 Å². The second kappa shape index (κ2) is 8.42. The van der Waals surface area contributed by atoms with Gasteiger partial charge in [-0.1, -0.05) is 0 Å². The van der Waals surface area contributed by atoms with Crippen LogP contribution in [0.2, 0.25) is 0 Å². The summed E-state index contributed by atoms with van der Waals surface area (Å²) in [4.78, 5) is 22.9. The molecule has 2 rings (SSSR count). The molecule has 0 aliphatic heterocycles. The van der Waals surface area contributed by atoms with Crippen molar-refractivity contribution in [2.75, 3.05) is 30.9 Å². The van der Waals surface area contributed by atoms with E-state index in [0.29, 0.717) is 30.1 Å². The normalized spacial score (nSPS) is 9.92. The summed E-state index contributed by atoms with van der Waals surface area (Å²) in [6.45, 7) is 0.874. The predicted molar refractivity (Wildman–Crippen MR) is 92.6 cm³/mol. The molecule has 0 unspecified atom stereocenters. The van der Waals surface area contributed by atoms with Gasteiger partial charge in [-0.25, -0.2) is 0 Å². The van der Waals surface area contributed by atoms with E-state index in [0.717, 1.165) is 0 Å². The van der Waals surface area contributed by atoms with Crippen molar-refractivity contribution in [3.05, 3.63) is 63.7 Å². The Kier molecular flexibility index (Phi) is 6.03. The van der Waals surface area contributed by atoms with Gasteiger partial charge in [0.2, 0.25) is 0 Å². The SMILES string of the molecule is COCCNc1ccc([N+](=O)[O-])cc1C(=O)Nc1ccc(C#N)cc1. The fraction of sp³-hybridized carbons (Fsp3) is 0.176. The fourth-order valence-electron chi connectivity index (χ4n) is 2.10. The van der Waals surface area contributed by atoms with Crippen LogP contribution in [0.25, 0.3) is 0 Å². The second-order valence-electron chi connectivity index (χ2n) is 5.05. The maximum absolute atomic E-state index is 12.5. The largest absolute Gasteiger partial charge is 0.383 e. The molecule has 8 nitrogen and oxygen atoms in total. The number of amides is 1. The number of ether oxygens (including phenoxy) is 1. The highest BCUT2D eigenvalue weighted by atomic mass is 16.6. The van der Waals surface area contributed by atoms with Crippen LogP contribution in [0.1, 0.15) is 15.9 Å². The van der Waals surface area contributed by atoms with Crippen LogP contribution < -0.4 is 10.6 Å². The third-order valence-electron chi connectivity index (χ3n) is 3.35. The van der Waals surface area contributed by atoms with Crippen molar-refractivity contribution in [2.24, 2.45) is 0 Å². The minimum atomic E-state index is -0.558. The van der Waals surface area contributed by atoms with E-state index in [2.05, 4.69) is 10.6 Å². The first-order valence-electron chi connectivity index (χ1n) is 7.38. The van der Waals surface area contributed by atoms with Crippen molar-refractivity contribution in [3.8, 4) is 6.07 Å². The lowest BCUT2D eigenvalue weighted by Gasteiger charge is -2.12. The van der Waals surface area contributed by atoms with Crippen molar-refractivity contribution >= 4 is 23.0 Å². The van der Waals surface area contributed by atoms with Gasteiger partial charge in [-0.15, -0.1) is 0 Å². The van der Waals surface area contributed by atoms with Gasteiger partial charge in [-0.3, -0.25) is 14.9 Å². The van der Waals surface area contributed by atoms with Crippen LogP contribution in [-0.2, 0) is 4.74 Å². The van der Waals surface area contributed by atoms with E-state index in [-0.39, 0.29) is 11.3 Å². The van der Waals surface area contributed by atoms with Crippen molar-refractivity contribution in [1.29, 1.82) is 5.26 Å². The van der Waals surface area contributed by atoms with Gasteiger partial charge >= 0.3 is 0 Å². The fourth-order valence-corrected chi connectivity index (χ4v) is 2.10. The Bertz CT molecular complexity index is 812. The highest BCUT2D eigenvalue weighted by molar-refractivity contribution is 6.08. The number of carbonyl (C=O) groups is 1. The average molecular weight is 340 g/mol. The number of nitriles is 1. The Morgan fingerprint density at radius 1 is 1.28 bits per heavy atom. The van der Waals surface area contributed by atoms with E-state index in [4.69, 9.17) is 10.00 Å². The van der Waals surface area contributed by atoms with Gasteiger partial charge in [0.15, 0.2) is 0 Å². The zero-order chi connectivity index (χ0) is 18.2. The number of benzene rings is 2. The first kappa shape index (κ1) is 17.9. The third-order valence-corrected chi connectivity index (χ3v) is 3.35. The lowest BCUT2D eigenvalue weighted by Crippen LogP contribution is -2.17. The number of nitrogens with one attached hydrogen (secondary N) is 2. The number of carbonyl (C=O) groups excluding carboxylic acids is 1. The molecular weight excluding hydrogens is 324 g/mol. The molecule has 0 radical (unpaired) electrons. The monoisotopic (exact) mass is 340 g/mol. The molecule has 0 aliphatic carbocycles. The summed E-state index contributed by atoms with van der Waals surface area (Å²) in [7, 11) is 1.55. The number of hydrogen-bond donors (Lipinski definition) is 2. The van der Waals surface area contributed by atoms with Gasteiger partial charge < -0.3 is 15.4 Å². The third kappa shape index (κ3) is 4.76. The molecule has 8 heteroatoms. The van der Waals surface area contributed by atoms with E-state index >= 15 is 0 Å². The van der Waals surface area contributed by atoms with Crippen LogP contribution >= 0.6 is 0 Å². The lowest BCUT2D eigenvalue weighted by molar-refractivity contribution is -0.384. The molecule has 0 saturated heterocycles. The maximum Gasteiger partial charge on any atom is 0.270 e. The summed E-state index contributed by atoms with van der Waals surface area (Å²) >= 11 is 0. The summed E-state index contributed by atoms with van der Waals surface area (Å²) in [6, 6.07) is 12.3. The Morgan fingerprint density at radius 3 is 2.60 bits per heavy atom. The zero-order valence-corrected chi connectivity index (χ0v) is 13.5. The van der Waals surface area contributed by atoms with Gasteiger partial charge in [-0.2, -0.15) is 5.26 Å². The molecule has 0 aromatic heterocycles.